The highest BCUT2D eigenvalue weighted by molar-refractivity contribution is 9.10. The Kier molecular flexibility index (Phi) is 8.27. The van der Waals surface area contributed by atoms with Crippen molar-refractivity contribution in [1.29, 1.82) is 0 Å². The average Bonchev–Trinajstić information content (AvgIpc) is 3.49. The van der Waals surface area contributed by atoms with Gasteiger partial charge in [-0.2, -0.15) is 0 Å². The number of nitrogens with one attached hydrogen (secondary N) is 1. The predicted octanol–water partition coefficient (Wildman–Crippen LogP) is 6.93. The van der Waals surface area contributed by atoms with Crippen molar-refractivity contribution >= 4 is 33.5 Å². The van der Waals surface area contributed by atoms with Crippen LogP contribution < -0.4 is 15.0 Å². The van der Waals surface area contributed by atoms with E-state index < -0.39 is 17.9 Å². The number of halogens is 1. The monoisotopic (exact) mass is 584 g/mol. The summed E-state index contributed by atoms with van der Waals surface area (Å²) in [6, 6.07) is 29.6. The van der Waals surface area contributed by atoms with Crippen molar-refractivity contribution in [2.24, 2.45) is 0 Å². The highest BCUT2D eigenvalue weighted by Crippen LogP contribution is 2.33. The average molecular weight is 585 g/mol. The number of carboxylic acid groups (broad SMARTS) is 1. The van der Waals surface area contributed by atoms with Crippen molar-refractivity contribution in [3.8, 4) is 22.6 Å². The molecule has 1 heterocycles. The standard InChI is InChI=1S/C32H29BrN2O4/c33-24-16-17-29(35-18-6-7-19-35)27(21-24)31(36)34-28(32(37)38)20-22-12-14-23(15-13-22)26-10-4-5-11-30(26)39-25-8-2-1-3-9-25/h1-5,8-17,21,28H,6-7,18-20H2,(H,34,36)(H,37,38). The molecule has 1 atom stereocenters. The number of nitrogens with zero attached hydrogens (tertiary/aromatic N) is 1. The highest BCUT2D eigenvalue weighted by Gasteiger charge is 2.25. The predicted molar refractivity (Wildman–Crippen MR) is 157 cm³/mol. The summed E-state index contributed by atoms with van der Waals surface area (Å²) in [5.74, 6) is 0.0101. The minimum absolute atomic E-state index is 0.163. The van der Waals surface area contributed by atoms with Crippen LogP contribution in [0.2, 0.25) is 0 Å². The van der Waals surface area contributed by atoms with E-state index in [1.807, 2.05) is 91.0 Å². The molecule has 198 valence electrons. The second kappa shape index (κ2) is 12.2. The first-order valence-electron chi connectivity index (χ1n) is 13.0. The molecule has 1 amide bonds. The number of ether oxygens (including phenoxy) is 1. The zero-order valence-electron chi connectivity index (χ0n) is 21.3. The maximum absolute atomic E-state index is 13.3. The first kappa shape index (κ1) is 26.5. The summed E-state index contributed by atoms with van der Waals surface area (Å²) in [4.78, 5) is 27.6. The summed E-state index contributed by atoms with van der Waals surface area (Å²) in [7, 11) is 0. The molecule has 39 heavy (non-hydrogen) atoms. The molecule has 0 bridgehead atoms. The van der Waals surface area contributed by atoms with Gasteiger partial charge in [0.2, 0.25) is 0 Å². The van der Waals surface area contributed by atoms with E-state index in [0.29, 0.717) is 5.56 Å². The molecule has 6 nitrogen and oxygen atoms in total. The van der Waals surface area contributed by atoms with Crippen molar-refractivity contribution in [2.75, 3.05) is 18.0 Å². The first-order chi connectivity index (χ1) is 19.0. The molecule has 1 aliphatic rings. The van der Waals surface area contributed by atoms with E-state index in [2.05, 4.69) is 26.1 Å². The summed E-state index contributed by atoms with van der Waals surface area (Å²) in [6.45, 7) is 1.77. The van der Waals surface area contributed by atoms with Gasteiger partial charge in [0.1, 0.15) is 17.5 Å². The van der Waals surface area contributed by atoms with Crippen LogP contribution in [0.25, 0.3) is 11.1 Å². The molecular weight excluding hydrogens is 556 g/mol. The Morgan fingerprint density at radius 2 is 1.59 bits per heavy atom. The zero-order valence-corrected chi connectivity index (χ0v) is 22.9. The number of benzene rings is 4. The van der Waals surface area contributed by atoms with Gasteiger partial charge in [-0.1, -0.05) is 76.6 Å². The summed E-state index contributed by atoms with van der Waals surface area (Å²) in [6.07, 6.45) is 2.32. The van der Waals surface area contributed by atoms with Gasteiger partial charge < -0.3 is 20.1 Å². The molecule has 1 aliphatic heterocycles. The number of carbonyl (C=O) groups excluding carboxylic acids is 1. The first-order valence-corrected chi connectivity index (χ1v) is 13.8. The van der Waals surface area contributed by atoms with E-state index in [1.165, 1.54) is 0 Å². The van der Waals surface area contributed by atoms with Crippen LogP contribution in [0.5, 0.6) is 11.5 Å². The van der Waals surface area contributed by atoms with Crippen LogP contribution >= 0.6 is 15.9 Å². The Balaban J connectivity index is 1.31. The Bertz CT molecular complexity index is 1450. The quantitative estimate of drug-likeness (QED) is 0.223. The van der Waals surface area contributed by atoms with Crippen molar-refractivity contribution in [1.82, 2.24) is 5.32 Å². The number of anilines is 1. The van der Waals surface area contributed by atoms with Crippen molar-refractivity contribution < 1.29 is 19.4 Å². The number of carboxylic acids is 1. The molecule has 1 fully saturated rings. The molecule has 0 aromatic heterocycles. The number of amides is 1. The Hall–Kier alpha value is -4.10. The lowest BCUT2D eigenvalue weighted by molar-refractivity contribution is -0.139. The van der Waals surface area contributed by atoms with Crippen LogP contribution in [0.15, 0.2) is 102 Å². The maximum Gasteiger partial charge on any atom is 0.326 e. The second-order valence-corrected chi connectivity index (χ2v) is 10.4. The molecule has 7 heteroatoms. The Labute approximate surface area is 236 Å². The molecule has 0 radical (unpaired) electrons. The van der Waals surface area contributed by atoms with E-state index in [0.717, 1.165) is 64.3 Å². The van der Waals surface area contributed by atoms with Crippen molar-refractivity contribution in [3.63, 3.8) is 0 Å². The van der Waals surface area contributed by atoms with E-state index in [4.69, 9.17) is 4.74 Å². The van der Waals surface area contributed by atoms with E-state index >= 15 is 0 Å². The third-order valence-corrected chi connectivity index (χ3v) is 7.31. The fraction of sp³-hybridized carbons (Fsp3) is 0.188. The van der Waals surface area contributed by atoms with Gasteiger partial charge in [0.25, 0.3) is 5.91 Å². The molecule has 4 aromatic rings. The molecule has 5 rings (SSSR count). The fourth-order valence-corrected chi connectivity index (χ4v) is 5.19. The van der Waals surface area contributed by atoms with Crippen LogP contribution in [0.3, 0.4) is 0 Å². The van der Waals surface area contributed by atoms with E-state index in [-0.39, 0.29) is 6.42 Å². The Morgan fingerprint density at radius 1 is 0.897 bits per heavy atom. The Morgan fingerprint density at radius 3 is 2.31 bits per heavy atom. The van der Waals surface area contributed by atoms with E-state index in [9.17, 15) is 14.7 Å². The molecule has 1 unspecified atom stereocenters. The van der Waals surface area contributed by atoms with Crippen molar-refractivity contribution in [2.45, 2.75) is 25.3 Å². The van der Waals surface area contributed by atoms with Gasteiger partial charge in [0.15, 0.2) is 0 Å². The van der Waals surface area contributed by atoms with Gasteiger partial charge >= 0.3 is 5.97 Å². The normalized spacial score (nSPS) is 13.6. The van der Waals surface area contributed by atoms with Crippen LogP contribution in [-0.4, -0.2) is 36.1 Å². The molecule has 0 aliphatic carbocycles. The van der Waals surface area contributed by atoms with Gasteiger partial charge in [-0.25, -0.2) is 4.79 Å². The lowest BCUT2D eigenvalue weighted by Gasteiger charge is -2.22. The lowest BCUT2D eigenvalue weighted by atomic mass is 9.99. The molecular formula is C32H29BrN2O4. The molecule has 0 spiro atoms. The van der Waals surface area contributed by atoms with Gasteiger partial charge in [0, 0.05) is 35.2 Å². The maximum atomic E-state index is 13.3. The zero-order chi connectivity index (χ0) is 27.2. The SMILES string of the molecule is O=C(NC(Cc1ccc(-c2ccccc2Oc2ccccc2)cc1)C(=O)O)c1cc(Br)ccc1N1CCCC1. The van der Waals surface area contributed by atoms with E-state index in [1.54, 1.807) is 6.07 Å². The molecule has 1 saturated heterocycles. The second-order valence-electron chi connectivity index (χ2n) is 9.53. The third-order valence-electron chi connectivity index (χ3n) is 6.82. The van der Waals surface area contributed by atoms with Crippen LogP contribution in [0.1, 0.15) is 28.8 Å². The summed E-state index contributed by atoms with van der Waals surface area (Å²) >= 11 is 3.45. The minimum atomic E-state index is -1.08. The minimum Gasteiger partial charge on any atom is -0.480 e. The number of carbonyl (C=O) groups is 2. The lowest BCUT2D eigenvalue weighted by Crippen LogP contribution is -2.42. The van der Waals surface area contributed by atoms with Gasteiger partial charge in [0.05, 0.1) is 5.56 Å². The summed E-state index contributed by atoms with van der Waals surface area (Å²) < 4.78 is 6.87. The van der Waals surface area contributed by atoms with Gasteiger partial charge in [-0.05, 0) is 60.4 Å². The highest BCUT2D eigenvalue weighted by atomic mass is 79.9. The van der Waals surface area contributed by atoms with Crippen molar-refractivity contribution in [3.05, 3.63) is 113 Å². The van der Waals surface area contributed by atoms with Crippen LogP contribution in [-0.2, 0) is 11.2 Å². The smallest absolute Gasteiger partial charge is 0.326 e. The number of rotatable bonds is 9. The fourth-order valence-electron chi connectivity index (χ4n) is 4.83. The van der Waals surface area contributed by atoms with Crippen LogP contribution in [0.4, 0.5) is 5.69 Å². The number of hydrogen-bond donors (Lipinski definition) is 2. The van der Waals surface area contributed by atoms with Gasteiger partial charge in [-0.15, -0.1) is 0 Å². The molecule has 0 saturated carbocycles. The summed E-state index contributed by atoms with van der Waals surface area (Å²) in [5.41, 5.74) is 3.99. The number of hydrogen-bond acceptors (Lipinski definition) is 4. The topological polar surface area (TPSA) is 78.9 Å². The largest absolute Gasteiger partial charge is 0.480 e. The summed E-state index contributed by atoms with van der Waals surface area (Å²) in [5, 5.41) is 12.7. The van der Waals surface area contributed by atoms with Crippen LogP contribution in [0, 0.1) is 0 Å². The number of aliphatic carboxylic acids is 1. The number of para-hydroxylation sites is 2. The molecule has 4 aromatic carbocycles. The van der Waals surface area contributed by atoms with Gasteiger partial charge in [-0.3, -0.25) is 4.79 Å². The molecule has 2 N–H and O–H groups in total. The third kappa shape index (κ3) is 6.49.